The molecule has 2 heterocycles. The average Bonchev–Trinajstić information content (AvgIpc) is 3.16. The van der Waals surface area contributed by atoms with Crippen LogP contribution in [0.15, 0.2) is 41.4 Å². The van der Waals surface area contributed by atoms with Crippen LogP contribution >= 0.6 is 0 Å². The monoisotopic (exact) mass is 448 g/mol. The topological polar surface area (TPSA) is 124 Å². The molecule has 2 amide bonds. The molecule has 9 nitrogen and oxygen atoms in total. The van der Waals surface area contributed by atoms with Gasteiger partial charge in [-0.05, 0) is 31.9 Å². The molecule has 1 aromatic heterocycles. The summed E-state index contributed by atoms with van der Waals surface area (Å²) >= 11 is 0. The van der Waals surface area contributed by atoms with Crippen molar-refractivity contribution in [3.05, 3.63) is 47.8 Å². The van der Waals surface area contributed by atoms with E-state index in [0.717, 1.165) is 5.56 Å². The Bertz CT molecular complexity index is 1070. The van der Waals surface area contributed by atoms with Gasteiger partial charge in [-0.1, -0.05) is 18.2 Å². The Morgan fingerprint density at radius 2 is 1.87 bits per heavy atom. The molecule has 0 radical (unpaired) electrons. The van der Waals surface area contributed by atoms with Crippen molar-refractivity contribution >= 4 is 21.8 Å². The highest BCUT2D eigenvalue weighted by molar-refractivity contribution is 7.89. The Morgan fingerprint density at radius 3 is 2.45 bits per heavy atom. The van der Waals surface area contributed by atoms with Gasteiger partial charge < -0.3 is 20.4 Å². The van der Waals surface area contributed by atoms with Crippen LogP contribution in [0.25, 0.3) is 0 Å². The first-order chi connectivity index (χ1) is 14.6. The number of ether oxygens (including phenoxy) is 1. The van der Waals surface area contributed by atoms with Gasteiger partial charge in [-0.15, -0.1) is 0 Å². The summed E-state index contributed by atoms with van der Waals surface area (Å²) in [5, 5.41) is 3.01. The van der Waals surface area contributed by atoms with Crippen molar-refractivity contribution in [3.63, 3.8) is 0 Å². The first kappa shape index (κ1) is 22.8. The highest BCUT2D eigenvalue weighted by Gasteiger charge is 2.33. The molecular formula is C21H28N4O5S. The zero-order valence-corrected chi connectivity index (χ0v) is 18.7. The predicted octanol–water partition coefficient (Wildman–Crippen LogP) is 1.41. The van der Waals surface area contributed by atoms with Gasteiger partial charge in [0.25, 0.3) is 5.91 Å². The molecule has 0 unspecified atom stereocenters. The third kappa shape index (κ3) is 4.75. The third-order valence-corrected chi connectivity index (χ3v) is 7.52. The van der Waals surface area contributed by atoms with Gasteiger partial charge in [0.1, 0.15) is 16.3 Å². The number of hydrogen-bond acceptors (Lipinski definition) is 5. The molecule has 1 aliphatic heterocycles. The van der Waals surface area contributed by atoms with Gasteiger partial charge in [-0.2, -0.15) is 4.31 Å². The number of rotatable bonds is 7. The average molecular weight is 449 g/mol. The lowest BCUT2D eigenvalue weighted by Gasteiger charge is -2.31. The van der Waals surface area contributed by atoms with E-state index in [1.54, 1.807) is 14.2 Å². The van der Waals surface area contributed by atoms with Crippen LogP contribution in [0.4, 0.5) is 0 Å². The summed E-state index contributed by atoms with van der Waals surface area (Å²) in [4.78, 5) is 24.2. The quantitative estimate of drug-likeness (QED) is 0.663. The number of hydrogen-bond donors (Lipinski definition) is 2. The van der Waals surface area contributed by atoms with Crippen molar-refractivity contribution in [1.29, 1.82) is 0 Å². The molecule has 1 aromatic carbocycles. The molecule has 1 aliphatic rings. The van der Waals surface area contributed by atoms with Crippen LogP contribution in [0, 0.1) is 5.92 Å². The molecule has 0 spiro atoms. The number of methoxy groups -OCH3 is 1. The summed E-state index contributed by atoms with van der Waals surface area (Å²) in [5.74, 6) is -0.371. The lowest BCUT2D eigenvalue weighted by Crippen LogP contribution is -2.43. The minimum absolute atomic E-state index is 0.0245. The lowest BCUT2D eigenvalue weighted by molar-refractivity contribution is -0.126. The Balaban J connectivity index is 1.63. The number of nitrogens with zero attached hydrogens (tertiary/aromatic N) is 2. The van der Waals surface area contributed by atoms with Gasteiger partial charge in [0.15, 0.2) is 0 Å². The molecule has 1 atom stereocenters. The fraction of sp³-hybridized carbons (Fsp3) is 0.429. The van der Waals surface area contributed by atoms with Crippen LogP contribution < -0.4 is 15.8 Å². The van der Waals surface area contributed by atoms with E-state index in [-0.39, 0.29) is 41.5 Å². The molecule has 1 saturated heterocycles. The second-order valence-electron chi connectivity index (χ2n) is 7.69. The maximum Gasteiger partial charge on any atom is 0.265 e. The van der Waals surface area contributed by atoms with Gasteiger partial charge in [-0.3, -0.25) is 9.59 Å². The Morgan fingerprint density at radius 1 is 1.23 bits per heavy atom. The highest BCUT2D eigenvalue weighted by Crippen LogP contribution is 2.27. The van der Waals surface area contributed by atoms with Crippen LogP contribution in [0.1, 0.15) is 41.9 Å². The van der Waals surface area contributed by atoms with Crippen LogP contribution in [0.3, 0.4) is 0 Å². The Labute approximate surface area is 182 Å². The summed E-state index contributed by atoms with van der Waals surface area (Å²) < 4.78 is 34.0. The smallest absolute Gasteiger partial charge is 0.265 e. The van der Waals surface area contributed by atoms with Crippen molar-refractivity contribution in [2.75, 3.05) is 20.2 Å². The van der Waals surface area contributed by atoms with Crippen LogP contribution in [-0.2, 0) is 21.9 Å². The second-order valence-corrected chi connectivity index (χ2v) is 9.62. The Hall–Kier alpha value is -2.85. The van der Waals surface area contributed by atoms with E-state index in [0.29, 0.717) is 18.6 Å². The fourth-order valence-corrected chi connectivity index (χ4v) is 5.40. The summed E-state index contributed by atoms with van der Waals surface area (Å²) in [5.41, 5.74) is 6.29. The van der Waals surface area contributed by atoms with Crippen LogP contribution in [-0.4, -0.2) is 49.3 Å². The number of nitrogens with one attached hydrogen (secondary N) is 1. The number of aryl methyl sites for hydroxylation is 1. The minimum atomic E-state index is -3.76. The van der Waals surface area contributed by atoms with E-state index in [4.69, 9.17) is 10.5 Å². The van der Waals surface area contributed by atoms with Crippen molar-refractivity contribution in [2.24, 2.45) is 18.7 Å². The number of para-hydroxylation sites is 1. The van der Waals surface area contributed by atoms with Crippen LogP contribution in [0.5, 0.6) is 5.75 Å². The van der Waals surface area contributed by atoms with Crippen molar-refractivity contribution in [2.45, 2.75) is 30.7 Å². The number of carbonyl (C=O) groups is 2. The van der Waals surface area contributed by atoms with Gasteiger partial charge in [0.05, 0.1) is 13.2 Å². The van der Waals surface area contributed by atoms with Crippen molar-refractivity contribution < 1.29 is 22.7 Å². The molecule has 3 N–H and O–H groups in total. The third-order valence-electron chi connectivity index (χ3n) is 5.66. The molecule has 10 heteroatoms. The van der Waals surface area contributed by atoms with Gasteiger partial charge in [0, 0.05) is 37.8 Å². The SMILES string of the molecule is COc1ccccc1[C@@H](C)NC(=O)C1CCN(S(=O)(=O)c2cc(C(N)=O)n(C)c2)CC1. The largest absolute Gasteiger partial charge is 0.496 e. The molecule has 31 heavy (non-hydrogen) atoms. The minimum Gasteiger partial charge on any atom is -0.496 e. The summed E-state index contributed by atoms with van der Waals surface area (Å²) in [7, 11) is -0.611. The fourth-order valence-electron chi connectivity index (χ4n) is 3.86. The molecule has 2 aromatic rings. The number of primary amides is 1. The predicted molar refractivity (Wildman–Crippen MR) is 115 cm³/mol. The first-order valence-electron chi connectivity index (χ1n) is 10.0. The second kappa shape index (κ2) is 9.11. The first-order valence-corrected chi connectivity index (χ1v) is 11.5. The van der Waals surface area contributed by atoms with E-state index in [2.05, 4.69) is 5.32 Å². The zero-order valence-electron chi connectivity index (χ0n) is 17.9. The molecular weight excluding hydrogens is 420 g/mol. The van der Waals surface area contributed by atoms with Gasteiger partial charge >= 0.3 is 0 Å². The summed E-state index contributed by atoms with van der Waals surface area (Å²) in [6.07, 6.45) is 2.21. The number of sulfonamides is 1. The van der Waals surface area contributed by atoms with E-state index < -0.39 is 15.9 Å². The maximum atomic E-state index is 12.9. The normalized spacial score (nSPS) is 16.6. The van der Waals surface area contributed by atoms with Crippen molar-refractivity contribution in [1.82, 2.24) is 14.2 Å². The van der Waals surface area contributed by atoms with E-state index in [1.807, 2.05) is 31.2 Å². The van der Waals surface area contributed by atoms with Gasteiger partial charge in [0.2, 0.25) is 15.9 Å². The van der Waals surface area contributed by atoms with E-state index in [1.165, 1.54) is 21.1 Å². The maximum absolute atomic E-state index is 12.9. The number of aromatic nitrogens is 1. The highest BCUT2D eigenvalue weighted by atomic mass is 32.2. The lowest BCUT2D eigenvalue weighted by atomic mass is 9.96. The summed E-state index contributed by atoms with van der Waals surface area (Å²) in [6, 6.07) is 8.55. The van der Waals surface area contributed by atoms with E-state index >= 15 is 0 Å². The zero-order chi connectivity index (χ0) is 22.8. The number of piperidine rings is 1. The molecule has 0 aliphatic carbocycles. The number of amides is 2. The van der Waals surface area contributed by atoms with Gasteiger partial charge in [-0.25, -0.2) is 8.42 Å². The van der Waals surface area contributed by atoms with Crippen LogP contribution in [0.2, 0.25) is 0 Å². The summed E-state index contributed by atoms with van der Waals surface area (Å²) in [6.45, 7) is 2.34. The molecule has 0 bridgehead atoms. The number of carbonyl (C=O) groups excluding carboxylic acids is 2. The molecule has 0 saturated carbocycles. The van der Waals surface area contributed by atoms with Crippen molar-refractivity contribution in [3.8, 4) is 5.75 Å². The molecule has 3 rings (SSSR count). The van der Waals surface area contributed by atoms with E-state index in [9.17, 15) is 18.0 Å². The Kier molecular flexibility index (Phi) is 6.71. The molecule has 168 valence electrons. The number of nitrogens with two attached hydrogens (primary N) is 1. The standard InChI is InChI=1S/C21H28N4O5S/c1-14(17-6-4-5-7-19(17)30-3)23-21(27)15-8-10-25(11-9-15)31(28,29)16-12-18(20(22)26)24(2)13-16/h4-7,12-15H,8-11H2,1-3H3,(H2,22,26)(H,23,27)/t14-/m1/s1. The number of benzene rings is 1. The molecule has 1 fully saturated rings.